The van der Waals surface area contributed by atoms with E-state index in [2.05, 4.69) is 5.32 Å². The first-order valence-electron chi connectivity index (χ1n) is 8.23. The van der Waals surface area contributed by atoms with Gasteiger partial charge in [0.2, 0.25) is 0 Å². The van der Waals surface area contributed by atoms with Crippen LogP contribution in [0.25, 0.3) is 22.1 Å². The number of rotatable bonds is 6. The first-order chi connectivity index (χ1) is 12.9. The Labute approximate surface area is 154 Å². The maximum Gasteiger partial charge on any atom is 0.336 e. The molecular weight excluding hydrogens is 350 g/mol. The minimum Gasteiger partial charge on any atom is -0.481 e. The Bertz CT molecular complexity index is 1040. The van der Waals surface area contributed by atoms with Crippen molar-refractivity contribution in [2.45, 2.75) is 13.0 Å². The van der Waals surface area contributed by atoms with Gasteiger partial charge in [-0.3, -0.25) is 9.59 Å². The molecule has 7 heteroatoms. The van der Waals surface area contributed by atoms with Crippen LogP contribution in [0.1, 0.15) is 6.92 Å². The number of carbonyl (C=O) groups is 2. The summed E-state index contributed by atoms with van der Waals surface area (Å²) in [7, 11) is 0. The molecule has 138 valence electrons. The molecule has 2 N–H and O–H groups in total. The van der Waals surface area contributed by atoms with Gasteiger partial charge in [-0.25, -0.2) is 4.79 Å². The average Bonchev–Trinajstić information content (AvgIpc) is 2.65. The zero-order valence-electron chi connectivity index (χ0n) is 14.5. The molecule has 0 saturated heterocycles. The molecule has 1 heterocycles. The summed E-state index contributed by atoms with van der Waals surface area (Å²) in [6.07, 6.45) is -0.911. The van der Waals surface area contributed by atoms with Gasteiger partial charge in [0.05, 0.1) is 0 Å². The van der Waals surface area contributed by atoms with Crippen molar-refractivity contribution in [2.75, 3.05) is 6.54 Å². The van der Waals surface area contributed by atoms with Gasteiger partial charge >= 0.3 is 11.6 Å². The Morgan fingerprint density at radius 3 is 2.59 bits per heavy atom. The van der Waals surface area contributed by atoms with Crippen LogP contribution >= 0.6 is 0 Å². The van der Waals surface area contributed by atoms with E-state index in [1.807, 2.05) is 30.3 Å². The highest BCUT2D eigenvalue weighted by Crippen LogP contribution is 2.29. The number of carbonyl (C=O) groups excluding carboxylic acids is 1. The molecule has 0 bridgehead atoms. The number of carboxylic acids is 1. The molecule has 1 amide bonds. The maximum atomic E-state index is 11.9. The third kappa shape index (κ3) is 4.33. The lowest BCUT2D eigenvalue weighted by atomic mass is 10.0. The van der Waals surface area contributed by atoms with Crippen molar-refractivity contribution in [1.82, 2.24) is 5.32 Å². The zero-order chi connectivity index (χ0) is 19.4. The fourth-order valence-corrected chi connectivity index (χ4v) is 2.64. The first-order valence-corrected chi connectivity index (χ1v) is 8.23. The lowest BCUT2D eigenvalue weighted by Crippen LogP contribution is -2.39. The zero-order valence-corrected chi connectivity index (χ0v) is 14.5. The topological polar surface area (TPSA) is 106 Å². The van der Waals surface area contributed by atoms with Crippen LogP contribution in [0.15, 0.2) is 63.8 Å². The number of fused-ring (bicyclic) bond motifs is 1. The van der Waals surface area contributed by atoms with Gasteiger partial charge < -0.3 is 19.6 Å². The fraction of sp³-hybridized carbons (Fsp3) is 0.150. The van der Waals surface area contributed by atoms with Crippen molar-refractivity contribution in [3.63, 3.8) is 0 Å². The summed E-state index contributed by atoms with van der Waals surface area (Å²) in [6, 6.07) is 15.8. The largest absolute Gasteiger partial charge is 0.481 e. The van der Waals surface area contributed by atoms with Gasteiger partial charge in [0.1, 0.15) is 17.9 Å². The van der Waals surface area contributed by atoms with E-state index in [9.17, 15) is 14.4 Å². The number of amides is 1. The SMILES string of the molecule is C[C@H](Oc1ccc2c(-c3ccccc3)cc(=O)oc2c1)C(=O)NCC(=O)O. The van der Waals surface area contributed by atoms with E-state index in [0.717, 1.165) is 16.5 Å². The first kappa shape index (κ1) is 18.2. The number of hydrogen-bond acceptors (Lipinski definition) is 5. The molecule has 0 fully saturated rings. The predicted octanol–water partition coefficient (Wildman–Crippen LogP) is 2.43. The van der Waals surface area contributed by atoms with Gasteiger partial charge in [0.15, 0.2) is 6.10 Å². The van der Waals surface area contributed by atoms with Crippen molar-refractivity contribution in [3.05, 3.63) is 65.0 Å². The van der Waals surface area contributed by atoms with E-state index in [0.29, 0.717) is 11.3 Å². The van der Waals surface area contributed by atoms with Crippen molar-refractivity contribution < 1.29 is 23.8 Å². The van der Waals surface area contributed by atoms with Crippen LogP contribution in [0.4, 0.5) is 0 Å². The third-order valence-corrected chi connectivity index (χ3v) is 3.90. The predicted molar refractivity (Wildman–Crippen MR) is 98.7 cm³/mol. The highest BCUT2D eigenvalue weighted by Gasteiger charge is 2.16. The van der Waals surface area contributed by atoms with Crippen LogP contribution in [0, 0.1) is 0 Å². The fourth-order valence-electron chi connectivity index (χ4n) is 2.64. The van der Waals surface area contributed by atoms with Crippen LogP contribution in [0.3, 0.4) is 0 Å². The standard InChI is InChI=1S/C20H17NO6/c1-12(20(25)21-11-18(22)23)26-14-7-8-15-16(13-5-3-2-4-6-13)10-19(24)27-17(15)9-14/h2-10,12H,11H2,1H3,(H,21,25)(H,22,23)/t12-/m0/s1. The highest BCUT2D eigenvalue weighted by atomic mass is 16.5. The summed E-state index contributed by atoms with van der Waals surface area (Å²) < 4.78 is 10.8. The highest BCUT2D eigenvalue weighted by molar-refractivity contribution is 5.93. The molecule has 0 radical (unpaired) electrons. The van der Waals surface area contributed by atoms with Gasteiger partial charge in [-0.2, -0.15) is 0 Å². The molecule has 1 atom stereocenters. The molecule has 27 heavy (non-hydrogen) atoms. The second-order valence-electron chi connectivity index (χ2n) is 5.87. The van der Waals surface area contributed by atoms with E-state index in [4.69, 9.17) is 14.3 Å². The number of benzene rings is 2. The normalized spacial score (nSPS) is 11.7. The summed E-state index contributed by atoms with van der Waals surface area (Å²) in [4.78, 5) is 34.3. The Morgan fingerprint density at radius 1 is 1.15 bits per heavy atom. The lowest BCUT2D eigenvalue weighted by Gasteiger charge is -2.14. The molecule has 0 saturated carbocycles. The lowest BCUT2D eigenvalue weighted by molar-refractivity contribution is -0.139. The van der Waals surface area contributed by atoms with Crippen LogP contribution < -0.4 is 15.7 Å². The summed E-state index contributed by atoms with van der Waals surface area (Å²) >= 11 is 0. The van der Waals surface area contributed by atoms with Crippen molar-refractivity contribution in [2.24, 2.45) is 0 Å². The van der Waals surface area contributed by atoms with Crippen LogP contribution in [-0.4, -0.2) is 29.6 Å². The van der Waals surface area contributed by atoms with Crippen LogP contribution in [0.5, 0.6) is 5.75 Å². The molecule has 0 aliphatic heterocycles. The molecule has 0 unspecified atom stereocenters. The quantitative estimate of drug-likeness (QED) is 0.648. The Kier molecular flexibility index (Phi) is 5.21. The second-order valence-corrected chi connectivity index (χ2v) is 5.87. The van der Waals surface area contributed by atoms with E-state index in [1.54, 1.807) is 12.1 Å². The number of ether oxygens (including phenoxy) is 1. The van der Waals surface area contributed by atoms with E-state index in [-0.39, 0.29) is 0 Å². The van der Waals surface area contributed by atoms with Gasteiger partial charge in [-0.15, -0.1) is 0 Å². The minimum absolute atomic E-state index is 0.328. The second kappa shape index (κ2) is 7.74. The molecule has 7 nitrogen and oxygen atoms in total. The van der Waals surface area contributed by atoms with Crippen molar-refractivity contribution in [1.29, 1.82) is 0 Å². The molecule has 3 aromatic rings. The van der Waals surface area contributed by atoms with Crippen LogP contribution in [-0.2, 0) is 9.59 Å². The van der Waals surface area contributed by atoms with E-state index < -0.39 is 30.2 Å². The van der Waals surface area contributed by atoms with Gasteiger partial charge in [0, 0.05) is 17.5 Å². The van der Waals surface area contributed by atoms with Gasteiger partial charge in [0.25, 0.3) is 5.91 Å². The number of nitrogens with one attached hydrogen (secondary N) is 1. The monoisotopic (exact) mass is 367 g/mol. The summed E-state index contributed by atoms with van der Waals surface area (Å²) in [5, 5.41) is 11.6. The molecule has 0 aliphatic rings. The Balaban J connectivity index is 1.89. The van der Waals surface area contributed by atoms with Crippen molar-refractivity contribution in [3.8, 4) is 16.9 Å². The number of hydrogen-bond donors (Lipinski definition) is 2. The number of aliphatic carboxylic acids is 1. The Morgan fingerprint density at radius 2 is 1.89 bits per heavy atom. The van der Waals surface area contributed by atoms with Crippen LogP contribution in [0.2, 0.25) is 0 Å². The molecule has 0 aliphatic carbocycles. The third-order valence-electron chi connectivity index (χ3n) is 3.90. The minimum atomic E-state index is -1.14. The summed E-state index contributed by atoms with van der Waals surface area (Å²) in [5.41, 5.74) is 1.45. The molecular formula is C20H17NO6. The summed E-state index contributed by atoms with van der Waals surface area (Å²) in [6.45, 7) is 1.01. The van der Waals surface area contributed by atoms with Crippen molar-refractivity contribution >= 4 is 22.8 Å². The summed E-state index contributed by atoms with van der Waals surface area (Å²) in [5.74, 6) is -1.37. The van der Waals surface area contributed by atoms with Gasteiger partial charge in [-0.05, 0) is 30.2 Å². The molecule has 3 rings (SSSR count). The molecule has 1 aromatic heterocycles. The number of carboxylic acid groups (broad SMARTS) is 1. The maximum absolute atomic E-state index is 11.9. The molecule has 0 spiro atoms. The average molecular weight is 367 g/mol. The molecule has 2 aromatic carbocycles. The Hall–Kier alpha value is -3.61. The van der Waals surface area contributed by atoms with E-state index >= 15 is 0 Å². The smallest absolute Gasteiger partial charge is 0.336 e. The van der Waals surface area contributed by atoms with E-state index in [1.165, 1.54) is 19.1 Å². The van der Waals surface area contributed by atoms with Gasteiger partial charge in [-0.1, -0.05) is 30.3 Å².